The van der Waals surface area contributed by atoms with Crippen molar-refractivity contribution < 1.29 is 14.7 Å². The van der Waals surface area contributed by atoms with E-state index in [0.717, 1.165) is 17.3 Å². The summed E-state index contributed by atoms with van der Waals surface area (Å²) in [7, 11) is 0. The number of nitriles is 1. The number of nitrogens with one attached hydrogen (secondary N) is 1. The predicted octanol–water partition coefficient (Wildman–Crippen LogP) is 2.29. The van der Waals surface area contributed by atoms with Crippen LogP contribution in [0.5, 0.6) is 0 Å². The van der Waals surface area contributed by atoms with Crippen LogP contribution in [0.2, 0.25) is 0 Å². The number of amides is 1. The van der Waals surface area contributed by atoms with Crippen LogP contribution in [0.1, 0.15) is 19.4 Å². The Morgan fingerprint density at radius 3 is 2.45 bits per heavy atom. The van der Waals surface area contributed by atoms with E-state index in [9.17, 15) is 9.59 Å². The summed E-state index contributed by atoms with van der Waals surface area (Å²) in [6.45, 7) is 3.12. The lowest BCUT2D eigenvalue weighted by molar-refractivity contribution is -0.138. The summed E-state index contributed by atoms with van der Waals surface area (Å²) < 4.78 is -0.992. The van der Waals surface area contributed by atoms with Crippen molar-refractivity contribution in [1.82, 2.24) is 0 Å². The first kappa shape index (κ1) is 16.1. The molecule has 106 valence electrons. The van der Waals surface area contributed by atoms with Gasteiger partial charge in [-0.15, -0.1) is 11.8 Å². The minimum atomic E-state index is -0.992. The van der Waals surface area contributed by atoms with Gasteiger partial charge in [0, 0.05) is 5.69 Å². The Balaban J connectivity index is 2.51. The second-order valence-corrected chi connectivity index (χ2v) is 6.28. The molecule has 0 aliphatic heterocycles. The zero-order valence-electron chi connectivity index (χ0n) is 11.3. The summed E-state index contributed by atoms with van der Waals surface area (Å²) in [5.74, 6) is -1.13. The van der Waals surface area contributed by atoms with Crippen LogP contribution in [-0.2, 0) is 16.0 Å². The van der Waals surface area contributed by atoms with Crippen molar-refractivity contribution >= 4 is 29.3 Å². The van der Waals surface area contributed by atoms with Crippen molar-refractivity contribution in [2.24, 2.45) is 0 Å². The maximum atomic E-state index is 11.7. The quantitative estimate of drug-likeness (QED) is 0.839. The molecule has 0 radical (unpaired) electrons. The Hall–Kier alpha value is -2.00. The van der Waals surface area contributed by atoms with Gasteiger partial charge in [-0.2, -0.15) is 5.26 Å². The number of carboxylic acid groups (broad SMARTS) is 1. The molecule has 0 unspecified atom stereocenters. The van der Waals surface area contributed by atoms with E-state index in [0.29, 0.717) is 12.1 Å². The highest BCUT2D eigenvalue weighted by Crippen LogP contribution is 2.24. The first-order valence-corrected chi connectivity index (χ1v) is 6.97. The fourth-order valence-corrected chi connectivity index (χ4v) is 1.99. The number of carbonyl (C=O) groups is 2. The van der Waals surface area contributed by atoms with E-state index in [-0.39, 0.29) is 11.7 Å². The maximum absolute atomic E-state index is 11.7. The first-order chi connectivity index (χ1) is 9.35. The van der Waals surface area contributed by atoms with Gasteiger partial charge in [-0.1, -0.05) is 12.1 Å². The van der Waals surface area contributed by atoms with Gasteiger partial charge < -0.3 is 10.4 Å². The largest absolute Gasteiger partial charge is 0.480 e. The lowest BCUT2D eigenvalue weighted by Crippen LogP contribution is -2.29. The number of benzene rings is 1. The number of aliphatic carboxylic acids is 1. The van der Waals surface area contributed by atoms with Crippen molar-refractivity contribution in [3.8, 4) is 6.07 Å². The average Bonchev–Trinajstić information content (AvgIpc) is 2.39. The summed E-state index contributed by atoms with van der Waals surface area (Å²) in [4.78, 5) is 22.6. The molecule has 0 saturated heterocycles. The molecular weight excluding hydrogens is 276 g/mol. The molecule has 0 aliphatic carbocycles. The average molecular weight is 292 g/mol. The zero-order valence-corrected chi connectivity index (χ0v) is 12.2. The summed E-state index contributed by atoms with van der Waals surface area (Å²) in [6.07, 6.45) is 0.330. The number of carbonyl (C=O) groups excluding carboxylic acids is 1. The van der Waals surface area contributed by atoms with Crippen molar-refractivity contribution in [2.75, 3.05) is 11.1 Å². The number of nitrogens with zero attached hydrogens (tertiary/aromatic N) is 1. The Morgan fingerprint density at radius 2 is 1.95 bits per heavy atom. The third kappa shape index (κ3) is 4.94. The summed E-state index contributed by atoms with van der Waals surface area (Å²) in [6, 6.07) is 9.03. The number of hydrogen-bond donors (Lipinski definition) is 2. The van der Waals surface area contributed by atoms with E-state index >= 15 is 0 Å². The van der Waals surface area contributed by atoms with Gasteiger partial charge in [-0.25, -0.2) is 0 Å². The SMILES string of the molecule is CC(C)(SCC(=O)Nc1ccc(CC#N)cc1)C(=O)O. The van der Waals surface area contributed by atoms with Crippen molar-refractivity contribution in [3.63, 3.8) is 0 Å². The highest BCUT2D eigenvalue weighted by Gasteiger charge is 2.28. The fraction of sp³-hybridized carbons (Fsp3) is 0.357. The molecule has 1 aromatic carbocycles. The summed E-state index contributed by atoms with van der Waals surface area (Å²) >= 11 is 1.07. The van der Waals surface area contributed by atoms with Gasteiger partial charge in [0.2, 0.25) is 5.91 Å². The van der Waals surface area contributed by atoms with Gasteiger partial charge in [0.1, 0.15) is 4.75 Å². The molecule has 1 rings (SSSR count). The van der Waals surface area contributed by atoms with Gasteiger partial charge in [0.05, 0.1) is 18.2 Å². The van der Waals surface area contributed by atoms with E-state index in [1.807, 2.05) is 6.07 Å². The second-order valence-electron chi connectivity index (χ2n) is 4.68. The van der Waals surface area contributed by atoms with Crippen LogP contribution in [0.4, 0.5) is 5.69 Å². The zero-order chi connectivity index (χ0) is 15.2. The van der Waals surface area contributed by atoms with E-state index in [4.69, 9.17) is 10.4 Å². The van der Waals surface area contributed by atoms with E-state index in [1.165, 1.54) is 0 Å². The lowest BCUT2D eigenvalue weighted by atomic mass is 10.1. The predicted molar refractivity (Wildman–Crippen MR) is 78.6 cm³/mol. The third-order valence-corrected chi connectivity index (χ3v) is 3.90. The lowest BCUT2D eigenvalue weighted by Gasteiger charge is -2.17. The monoisotopic (exact) mass is 292 g/mol. The Bertz CT molecular complexity index is 532. The molecule has 1 amide bonds. The van der Waals surface area contributed by atoms with E-state index < -0.39 is 10.7 Å². The van der Waals surface area contributed by atoms with Crippen LogP contribution in [0, 0.1) is 11.3 Å². The topological polar surface area (TPSA) is 90.2 Å². The molecule has 0 saturated carbocycles. The van der Waals surface area contributed by atoms with E-state index in [1.54, 1.807) is 38.1 Å². The highest BCUT2D eigenvalue weighted by molar-refractivity contribution is 8.02. The third-order valence-electron chi connectivity index (χ3n) is 2.60. The number of rotatable bonds is 6. The van der Waals surface area contributed by atoms with Crippen LogP contribution in [0.15, 0.2) is 24.3 Å². The molecule has 0 atom stereocenters. The van der Waals surface area contributed by atoms with E-state index in [2.05, 4.69) is 5.32 Å². The molecule has 0 aromatic heterocycles. The summed E-state index contributed by atoms with van der Waals surface area (Å²) in [5.41, 5.74) is 1.51. The summed E-state index contributed by atoms with van der Waals surface area (Å²) in [5, 5.41) is 20.2. The standard InChI is InChI=1S/C14H16N2O3S/c1-14(2,13(18)19)20-9-12(17)16-11-5-3-10(4-6-11)7-8-15/h3-6H,7,9H2,1-2H3,(H,16,17)(H,18,19). The molecule has 0 bridgehead atoms. The Labute approximate surface area is 122 Å². The van der Waals surface area contributed by atoms with Gasteiger partial charge >= 0.3 is 5.97 Å². The maximum Gasteiger partial charge on any atom is 0.319 e. The van der Waals surface area contributed by atoms with Gasteiger partial charge in [0.15, 0.2) is 0 Å². The molecule has 0 heterocycles. The molecule has 0 fully saturated rings. The fourth-order valence-electron chi connectivity index (χ4n) is 1.30. The van der Waals surface area contributed by atoms with Crippen molar-refractivity contribution in [2.45, 2.75) is 25.0 Å². The molecule has 1 aromatic rings. The molecule has 2 N–H and O–H groups in total. The minimum absolute atomic E-state index is 0.0687. The molecule has 20 heavy (non-hydrogen) atoms. The highest BCUT2D eigenvalue weighted by atomic mass is 32.2. The van der Waals surface area contributed by atoms with Crippen LogP contribution in [-0.4, -0.2) is 27.5 Å². The normalized spacial score (nSPS) is 10.7. The second kappa shape index (κ2) is 6.96. The van der Waals surface area contributed by atoms with Crippen LogP contribution in [0.25, 0.3) is 0 Å². The molecule has 0 spiro atoms. The van der Waals surface area contributed by atoms with Crippen LogP contribution in [0.3, 0.4) is 0 Å². The minimum Gasteiger partial charge on any atom is -0.480 e. The smallest absolute Gasteiger partial charge is 0.319 e. The molecular formula is C14H16N2O3S. The number of carboxylic acids is 1. The van der Waals surface area contributed by atoms with Crippen molar-refractivity contribution in [3.05, 3.63) is 29.8 Å². The van der Waals surface area contributed by atoms with Crippen LogP contribution < -0.4 is 5.32 Å². The Morgan fingerprint density at radius 1 is 1.35 bits per heavy atom. The molecule has 5 nitrogen and oxygen atoms in total. The number of thioether (sulfide) groups is 1. The number of hydrogen-bond acceptors (Lipinski definition) is 4. The number of anilines is 1. The Kier molecular flexibility index (Phi) is 5.59. The molecule has 6 heteroatoms. The van der Waals surface area contributed by atoms with Gasteiger partial charge in [0.25, 0.3) is 0 Å². The van der Waals surface area contributed by atoms with Gasteiger partial charge in [-0.05, 0) is 31.5 Å². The van der Waals surface area contributed by atoms with Gasteiger partial charge in [-0.3, -0.25) is 9.59 Å². The van der Waals surface area contributed by atoms with Crippen molar-refractivity contribution in [1.29, 1.82) is 5.26 Å². The molecule has 0 aliphatic rings. The first-order valence-electron chi connectivity index (χ1n) is 5.98. The van der Waals surface area contributed by atoms with Crippen LogP contribution >= 0.6 is 11.8 Å².